The lowest BCUT2D eigenvalue weighted by Crippen LogP contribution is -2.14. The van der Waals surface area contributed by atoms with Crippen molar-refractivity contribution < 1.29 is 4.74 Å². The van der Waals surface area contributed by atoms with E-state index in [1.165, 1.54) is 12.8 Å². The maximum Gasteiger partial charge on any atom is 0.159 e. The molecule has 1 aliphatic rings. The highest BCUT2D eigenvalue weighted by molar-refractivity contribution is 6.30. The van der Waals surface area contributed by atoms with Gasteiger partial charge in [0.25, 0.3) is 0 Å². The second kappa shape index (κ2) is 5.78. The van der Waals surface area contributed by atoms with Gasteiger partial charge in [-0.05, 0) is 32.1 Å². The van der Waals surface area contributed by atoms with Gasteiger partial charge >= 0.3 is 0 Å². The van der Waals surface area contributed by atoms with Crippen molar-refractivity contribution >= 4 is 11.6 Å². The summed E-state index contributed by atoms with van der Waals surface area (Å²) < 4.78 is 5.44. The van der Waals surface area contributed by atoms with Crippen LogP contribution in [0.1, 0.15) is 55.8 Å². The molecule has 0 bridgehead atoms. The van der Waals surface area contributed by atoms with E-state index < -0.39 is 0 Å². The van der Waals surface area contributed by atoms with Gasteiger partial charge in [0.15, 0.2) is 5.82 Å². The predicted molar refractivity (Wildman–Crippen MR) is 68.3 cm³/mol. The molecule has 0 fully saturated rings. The van der Waals surface area contributed by atoms with Gasteiger partial charge in [-0.2, -0.15) is 0 Å². The van der Waals surface area contributed by atoms with Gasteiger partial charge in [-0.25, -0.2) is 9.97 Å². The summed E-state index contributed by atoms with van der Waals surface area (Å²) in [5.41, 5.74) is 2.28. The van der Waals surface area contributed by atoms with Crippen LogP contribution in [0.3, 0.4) is 0 Å². The molecule has 1 aromatic rings. The molecule has 0 N–H and O–H groups in total. The molecule has 0 spiro atoms. The largest absolute Gasteiger partial charge is 0.373 e. The molecule has 0 radical (unpaired) electrons. The maximum atomic E-state index is 6.24. The van der Waals surface area contributed by atoms with Crippen molar-refractivity contribution in [2.24, 2.45) is 0 Å². The Bertz CT molecular complexity index is 395. The first-order chi connectivity index (χ1) is 8.26. The molecule has 0 aromatic carbocycles. The van der Waals surface area contributed by atoms with Crippen molar-refractivity contribution in [1.82, 2.24) is 9.97 Å². The number of aromatic nitrogens is 2. The van der Waals surface area contributed by atoms with Crippen LogP contribution < -0.4 is 0 Å². The number of nitrogens with zero attached hydrogens (tertiary/aromatic N) is 2. The molecule has 0 saturated carbocycles. The smallest absolute Gasteiger partial charge is 0.159 e. The normalized spacial score (nSPS) is 16.6. The SMILES string of the molecule is CCCC(OC)c1nc(Cl)c2c(n1)CCCC2. The molecule has 4 heteroatoms. The van der Waals surface area contributed by atoms with Gasteiger partial charge in [0, 0.05) is 18.4 Å². The zero-order chi connectivity index (χ0) is 12.3. The quantitative estimate of drug-likeness (QED) is 0.772. The average Bonchev–Trinajstić information content (AvgIpc) is 2.36. The zero-order valence-corrected chi connectivity index (χ0v) is 11.3. The number of ether oxygens (including phenoxy) is 1. The highest BCUT2D eigenvalue weighted by Gasteiger charge is 2.20. The third-order valence-electron chi connectivity index (χ3n) is 3.27. The Hall–Kier alpha value is -0.670. The summed E-state index contributed by atoms with van der Waals surface area (Å²) >= 11 is 6.24. The van der Waals surface area contributed by atoms with Crippen LogP contribution in [0.2, 0.25) is 5.15 Å². The van der Waals surface area contributed by atoms with E-state index in [0.29, 0.717) is 5.15 Å². The van der Waals surface area contributed by atoms with E-state index in [1.807, 2.05) is 0 Å². The first-order valence-corrected chi connectivity index (χ1v) is 6.72. The van der Waals surface area contributed by atoms with E-state index in [2.05, 4.69) is 16.9 Å². The van der Waals surface area contributed by atoms with Crippen LogP contribution in [0.25, 0.3) is 0 Å². The predicted octanol–water partition coefficient (Wildman–Crippen LogP) is 3.50. The Morgan fingerprint density at radius 3 is 2.76 bits per heavy atom. The summed E-state index contributed by atoms with van der Waals surface area (Å²) in [6.07, 6.45) is 6.39. The van der Waals surface area contributed by atoms with Crippen molar-refractivity contribution in [3.05, 3.63) is 22.2 Å². The molecule has 17 heavy (non-hydrogen) atoms. The molecule has 1 heterocycles. The van der Waals surface area contributed by atoms with E-state index in [0.717, 1.165) is 42.8 Å². The Morgan fingerprint density at radius 2 is 2.06 bits per heavy atom. The number of halogens is 1. The molecule has 0 aliphatic heterocycles. The van der Waals surface area contributed by atoms with Crippen LogP contribution >= 0.6 is 11.6 Å². The van der Waals surface area contributed by atoms with E-state index in [1.54, 1.807) is 7.11 Å². The fourth-order valence-corrected chi connectivity index (χ4v) is 2.62. The number of hydrogen-bond donors (Lipinski definition) is 0. The number of rotatable bonds is 4. The number of fused-ring (bicyclic) bond motifs is 1. The number of methoxy groups -OCH3 is 1. The van der Waals surface area contributed by atoms with Crippen molar-refractivity contribution in [3.8, 4) is 0 Å². The van der Waals surface area contributed by atoms with Crippen molar-refractivity contribution in [2.45, 2.75) is 51.6 Å². The highest BCUT2D eigenvalue weighted by atomic mass is 35.5. The third-order valence-corrected chi connectivity index (χ3v) is 3.59. The van der Waals surface area contributed by atoms with E-state index in [-0.39, 0.29) is 6.10 Å². The molecular formula is C13H19ClN2O. The summed E-state index contributed by atoms with van der Waals surface area (Å²) in [5, 5.41) is 0.628. The lowest BCUT2D eigenvalue weighted by Gasteiger charge is -2.19. The fourth-order valence-electron chi connectivity index (χ4n) is 2.32. The van der Waals surface area contributed by atoms with Gasteiger partial charge in [0.1, 0.15) is 11.3 Å². The maximum absolute atomic E-state index is 6.24. The summed E-state index contributed by atoms with van der Waals surface area (Å²) in [4.78, 5) is 9.05. The summed E-state index contributed by atoms with van der Waals surface area (Å²) in [6.45, 7) is 2.13. The van der Waals surface area contributed by atoms with E-state index >= 15 is 0 Å². The minimum atomic E-state index is -0.0234. The first-order valence-electron chi connectivity index (χ1n) is 6.34. The Kier molecular flexibility index (Phi) is 4.35. The molecule has 1 unspecified atom stereocenters. The fraction of sp³-hybridized carbons (Fsp3) is 0.692. The summed E-state index contributed by atoms with van der Waals surface area (Å²) in [7, 11) is 1.71. The molecule has 1 aromatic heterocycles. The Morgan fingerprint density at radius 1 is 1.29 bits per heavy atom. The monoisotopic (exact) mass is 254 g/mol. The van der Waals surface area contributed by atoms with Gasteiger partial charge in [0.05, 0.1) is 0 Å². The van der Waals surface area contributed by atoms with Crippen molar-refractivity contribution in [2.75, 3.05) is 7.11 Å². The van der Waals surface area contributed by atoms with Crippen molar-refractivity contribution in [3.63, 3.8) is 0 Å². The van der Waals surface area contributed by atoms with Crippen LogP contribution in [-0.2, 0) is 17.6 Å². The summed E-state index contributed by atoms with van der Waals surface area (Å²) in [6, 6.07) is 0. The molecule has 0 amide bonds. The van der Waals surface area contributed by atoms with Crippen LogP contribution in [0.5, 0.6) is 0 Å². The van der Waals surface area contributed by atoms with Gasteiger partial charge in [0.2, 0.25) is 0 Å². The molecule has 1 aliphatic carbocycles. The lowest BCUT2D eigenvalue weighted by atomic mass is 9.97. The van der Waals surface area contributed by atoms with Crippen LogP contribution in [-0.4, -0.2) is 17.1 Å². The Balaban J connectivity index is 2.32. The van der Waals surface area contributed by atoms with Crippen LogP contribution in [0.4, 0.5) is 0 Å². The van der Waals surface area contributed by atoms with Gasteiger partial charge in [-0.3, -0.25) is 0 Å². The summed E-state index contributed by atoms with van der Waals surface area (Å²) in [5.74, 6) is 0.750. The molecule has 3 nitrogen and oxygen atoms in total. The topological polar surface area (TPSA) is 35.0 Å². The van der Waals surface area contributed by atoms with Crippen molar-refractivity contribution in [1.29, 1.82) is 0 Å². The lowest BCUT2D eigenvalue weighted by molar-refractivity contribution is 0.0873. The van der Waals surface area contributed by atoms with Gasteiger partial charge < -0.3 is 4.74 Å². The van der Waals surface area contributed by atoms with E-state index in [9.17, 15) is 0 Å². The average molecular weight is 255 g/mol. The van der Waals surface area contributed by atoms with Crippen LogP contribution in [0.15, 0.2) is 0 Å². The van der Waals surface area contributed by atoms with Gasteiger partial charge in [-0.15, -0.1) is 0 Å². The molecule has 94 valence electrons. The second-order valence-electron chi connectivity index (χ2n) is 4.52. The van der Waals surface area contributed by atoms with E-state index in [4.69, 9.17) is 16.3 Å². The third kappa shape index (κ3) is 2.78. The zero-order valence-electron chi connectivity index (χ0n) is 10.5. The number of aryl methyl sites for hydroxylation is 1. The molecule has 0 saturated heterocycles. The first kappa shape index (κ1) is 12.8. The van der Waals surface area contributed by atoms with Crippen LogP contribution in [0, 0.1) is 0 Å². The minimum absolute atomic E-state index is 0.0234. The highest BCUT2D eigenvalue weighted by Crippen LogP contribution is 2.28. The molecule has 1 atom stereocenters. The Labute approximate surface area is 108 Å². The molecular weight excluding hydrogens is 236 g/mol. The molecule has 2 rings (SSSR count). The van der Waals surface area contributed by atoms with Gasteiger partial charge in [-0.1, -0.05) is 24.9 Å². The standard InChI is InChI=1S/C13H19ClN2O/c1-3-6-11(17-2)13-15-10-8-5-4-7-9(10)12(14)16-13/h11H,3-8H2,1-2H3. The number of hydrogen-bond acceptors (Lipinski definition) is 3. The minimum Gasteiger partial charge on any atom is -0.373 e. The second-order valence-corrected chi connectivity index (χ2v) is 4.88.